The number of hydrogen-bond acceptors (Lipinski definition) is 5. The Kier molecular flexibility index (Phi) is 8.48. The van der Waals surface area contributed by atoms with Gasteiger partial charge in [0, 0.05) is 12.6 Å². The molecule has 1 atom stereocenters. The number of carboxylic acids is 1. The van der Waals surface area contributed by atoms with Crippen molar-refractivity contribution in [2.45, 2.75) is 31.8 Å². The number of aromatic carboxylic acids is 1. The van der Waals surface area contributed by atoms with E-state index in [-0.39, 0.29) is 0 Å². The topological polar surface area (TPSA) is 85.0 Å². The lowest BCUT2D eigenvalue weighted by Gasteiger charge is -2.19. The number of nitrogens with two attached hydrogens (primary N) is 1. The molecule has 3 aromatic carbocycles. The van der Waals surface area contributed by atoms with Gasteiger partial charge >= 0.3 is 5.97 Å². The minimum atomic E-state index is -0.900. The van der Waals surface area contributed by atoms with E-state index in [2.05, 4.69) is 11.9 Å². The second-order valence-electron chi connectivity index (χ2n) is 8.00. The monoisotopic (exact) mass is 436 g/mol. The highest BCUT2D eigenvalue weighted by Crippen LogP contribution is 2.23. The lowest BCUT2D eigenvalue weighted by Crippen LogP contribution is -2.26. The zero-order chi connectivity index (χ0) is 22.9. The van der Waals surface area contributed by atoms with Gasteiger partial charge in [0.2, 0.25) is 0 Å². The summed E-state index contributed by atoms with van der Waals surface area (Å²) in [5, 5.41) is 10.9. The standard InChI is InChI=1S/C18H21NO3.C8H11NO/c1-19-9-2-3-16(19)8-10-22-17-7-6-13-11-15(18(20)21)5-4-14(13)12-17;1-10-8-4-2-3-7(5-8)6-9/h4-7,11-12,16H,2-3,8-10H2,1H3,(H,20,21);2-5H,6,9H2,1H3. The zero-order valence-corrected chi connectivity index (χ0v) is 18.8. The predicted octanol–water partition coefficient (Wildman–Crippen LogP) is 4.56. The maximum absolute atomic E-state index is 11.0. The molecule has 1 unspecified atom stereocenters. The molecule has 32 heavy (non-hydrogen) atoms. The number of carbonyl (C=O) groups is 1. The first kappa shape index (κ1) is 23.6. The Morgan fingerprint density at radius 2 is 1.88 bits per heavy atom. The summed E-state index contributed by atoms with van der Waals surface area (Å²) in [4.78, 5) is 13.4. The molecule has 1 heterocycles. The molecule has 3 aromatic rings. The van der Waals surface area contributed by atoms with Gasteiger partial charge in [0.1, 0.15) is 11.5 Å². The highest BCUT2D eigenvalue weighted by atomic mass is 16.5. The van der Waals surface area contributed by atoms with Crippen LogP contribution < -0.4 is 15.2 Å². The largest absolute Gasteiger partial charge is 0.497 e. The Balaban J connectivity index is 0.000000243. The highest BCUT2D eigenvalue weighted by Gasteiger charge is 2.20. The Labute approximate surface area is 189 Å². The van der Waals surface area contributed by atoms with Crippen LogP contribution in [0.15, 0.2) is 60.7 Å². The second kappa shape index (κ2) is 11.5. The fraction of sp³-hybridized carbons (Fsp3) is 0.346. The van der Waals surface area contributed by atoms with Gasteiger partial charge in [-0.15, -0.1) is 0 Å². The van der Waals surface area contributed by atoms with Gasteiger partial charge < -0.3 is 25.2 Å². The maximum atomic E-state index is 11.0. The lowest BCUT2D eigenvalue weighted by molar-refractivity contribution is 0.0697. The molecule has 1 aliphatic rings. The van der Waals surface area contributed by atoms with Crippen LogP contribution in [0.2, 0.25) is 0 Å². The summed E-state index contributed by atoms with van der Waals surface area (Å²) in [6.07, 6.45) is 3.59. The zero-order valence-electron chi connectivity index (χ0n) is 18.8. The van der Waals surface area contributed by atoms with E-state index < -0.39 is 5.97 Å². The Hall–Kier alpha value is -3.09. The number of ether oxygens (including phenoxy) is 2. The van der Waals surface area contributed by atoms with Crippen molar-refractivity contribution in [1.29, 1.82) is 0 Å². The summed E-state index contributed by atoms with van der Waals surface area (Å²) in [6, 6.07) is 19.3. The molecular weight excluding hydrogens is 404 g/mol. The Bertz CT molecular complexity index is 1020. The third-order valence-electron chi connectivity index (χ3n) is 5.82. The number of fused-ring (bicyclic) bond motifs is 1. The van der Waals surface area contributed by atoms with Crippen LogP contribution >= 0.6 is 0 Å². The van der Waals surface area contributed by atoms with Gasteiger partial charge in [0.15, 0.2) is 0 Å². The van der Waals surface area contributed by atoms with E-state index in [1.165, 1.54) is 19.4 Å². The first-order valence-corrected chi connectivity index (χ1v) is 10.9. The second-order valence-corrected chi connectivity index (χ2v) is 8.00. The van der Waals surface area contributed by atoms with Crippen LogP contribution in [-0.4, -0.2) is 49.3 Å². The van der Waals surface area contributed by atoms with Gasteiger partial charge in [-0.3, -0.25) is 0 Å². The van der Waals surface area contributed by atoms with Gasteiger partial charge in [-0.05, 0) is 85.6 Å². The summed E-state index contributed by atoms with van der Waals surface area (Å²) in [7, 11) is 3.82. The molecule has 6 nitrogen and oxygen atoms in total. The first-order chi connectivity index (χ1) is 15.5. The molecule has 1 fully saturated rings. The molecule has 3 N–H and O–H groups in total. The average Bonchev–Trinajstić information content (AvgIpc) is 3.23. The van der Waals surface area contributed by atoms with Crippen LogP contribution in [0, 0.1) is 0 Å². The van der Waals surface area contributed by atoms with Crippen LogP contribution in [0.3, 0.4) is 0 Å². The summed E-state index contributed by atoms with van der Waals surface area (Å²) in [5.41, 5.74) is 6.83. The molecule has 0 saturated carbocycles. The van der Waals surface area contributed by atoms with Crippen molar-refractivity contribution >= 4 is 16.7 Å². The number of methoxy groups -OCH3 is 1. The van der Waals surface area contributed by atoms with E-state index in [0.29, 0.717) is 24.8 Å². The number of benzene rings is 3. The molecular formula is C26H32N2O4. The molecule has 4 rings (SSSR count). The molecule has 0 aliphatic carbocycles. The molecule has 170 valence electrons. The quantitative estimate of drug-likeness (QED) is 0.565. The van der Waals surface area contributed by atoms with Crippen molar-refractivity contribution in [2.24, 2.45) is 5.73 Å². The van der Waals surface area contributed by atoms with Crippen molar-refractivity contribution in [3.05, 3.63) is 71.8 Å². The van der Waals surface area contributed by atoms with Crippen molar-refractivity contribution < 1.29 is 19.4 Å². The molecule has 1 saturated heterocycles. The lowest BCUT2D eigenvalue weighted by atomic mass is 10.1. The van der Waals surface area contributed by atoms with Gasteiger partial charge in [-0.1, -0.05) is 24.3 Å². The van der Waals surface area contributed by atoms with Crippen molar-refractivity contribution in [3.63, 3.8) is 0 Å². The van der Waals surface area contributed by atoms with E-state index in [9.17, 15) is 4.79 Å². The molecule has 0 aromatic heterocycles. The van der Waals surface area contributed by atoms with E-state index in [1.54, 1.807) is 19.2 Å². The third-order valence-corrected chi connectivity index (χ3v) is 5.82. The van der Waals surface area contributed by atoms with Gasteiger partial charge in [-0.2, -0.15) is 0 Å². The third kappa shape index (κ3) is 6.45. The van der Waals surface area contributed by atoms with Crippen molar-refractivity contribution in [3.8, 4) is 11.5 Å². The number of nitrogens with zero attached hydrogens (tertiary/aromatic N) is 1. The van der Waals surface area contributed by atoms with Crippen LogP contribution in [0.25, 0.3) is 10.8 Å². The van der Waals surface area contributed by atoms with E-state index in [4.69, 9.17) is 20.3 Å². The number of rotatable bonds is 7. The predicted molar refractivity (Wildman–Crippen MR) is 128 cm³/mol. The molecule has 0 radical (unpaired) electrons. The van der Waals surface area contributed by atoms with Crippen molar-refractivity contribution in [1.82, 2.24) is 4.90 Å². The smallest absolute Gasteiger partial charge is 0.335 e. The highest BCUT2D eigenvalue weighted by molar-refractivity contribution is 5.94. The number of carboxylic acid groups (broad SMARTS) is 1. The van der Waals surface area contributed by atoms with Gasteiger partial charge in [0.25, 0.3) is 0 Å². The van der Waals surface area contributed by atoms with Crippen LogP contribution in [-0.2, 0) is 6.54 Å². The van der Waals surface area contributed by atoms with E-state index in [1.807, 2.05) is 48.5 Å². The van der Waals surface area contributed by atoms with Crippen LogP contribution in [0.4, 0.5) is 0 Å². The summed E-state index contributed by atoms with van der Waals surface area (Å²) in [5.74, 6) is 0.807. The minimum absolute atomic E-state index is 0.311. The molecule has 0 bridgehead atoms. The fourth-order valence-electron chi connectivity index (χ4n) is 3.90. The summed E-state index contributed by atoms with van der Waals surface area (Å²) in [6.45, 7) is 2.47. The minimum Gasteiger partial charge on any atom is -0.497 e. The molecule has 6 heteroatoms. The summed E-state index contributed by atoms with van der Waals surface area (Å²) < 4.78 is 10.9. The molecule has 1 aliphatic heterocycles. The van der Waals surface area contributed by atoms with E-state index >= 15 is 0 Å². The van der Waals surface area contributed by atoms with Crippen LogP contribution in [0.5, 0.6) is 11.5 Å². The normalized spacial score (nSPS) is 15.8. The van der Waals surface area contributed by atoms with E-state index in [0.717, 1.165) is 34.3 Å². The maximum Gasteiger partial charge on any atom is 0.335 e. The number of hydrogen-bond donors (Lipinski definition) is 2. The molecule has 0 spiro atoms. The first-order valence-electron chi connectivity index (χ1n) is 10.9. The van der Waals surface area contributed by atoms with Gasteiger partial charge in [0.05, 0.1) is 19.3 Å². The Morgan fingerprint density at radius 1 is 1.09 bits per heavy atom. The van der Waals surface area contributed by atoms with Crippen LogP contribution in [0.1, 0.15) is 35.2 Å². The number of likely N-dealkylation sites (tertiary alicyclic amines) is 1. The Morgan fingerprint density at radius 3 is 2.56 bits per heavy atom. The average molecular weight is 437 g/mol. The van der Waals surface area contributed by atoms with Crippen molar-refractivity contribution in [2.75, 3.05) is 27.3 Å². The molecule has 0 amide bonds. The van der Waals surface area contributed by atoms with Gasteiger partial charge in [-0.25, -0.2) is 4.79 Å². The SMILES string of the molecule is CN1CCCC1CCOc1ccc2cc(C(=O)O)ccc2c1.COc1cccc(CN)c1. The fourth-order valence-corrected chi connectivity index (χ4v) is 3.90. The summed E-state index contributed by atoms with van der Waals surface area (Å²) >= 11 is 0.